The number of aliphatic hydroxyl groups is 1. The van der Waals surface area contributed by atoms with Crippen LogP contribution < -0.4 is 5.32 Å². The molecule has 59 heavy (non-hydrogen) atoms. The number of carbonyl (C=O) groups is 1. The Morgan fingerprint density at radius 3 is 1.31 bits per heavy atom. The van der Waals surface area contributed by atoms with Crippen LogP contribution in [0, 0.1) is 0 Å². The van der Waals surface area contributed by atoms with Crippen molar-refractivity contribution in [1.29, 1.82) is 0 Å². The van der Waals surface area contributed by atoms with Gasteiger partial charge in [-0.15, -0.1) is 0 Å². The number of rotatable bonds is 47. The van der Waals surface area contributed by atoms with Crippen molar-refractivity contribution in [2.24, 2.45) is 0 Å². The van der Waals surface area contributed by atoms with E-state index in [1.54, 1.807) is 0 Å². The maximum Gasteiger partial charge on any atom is 0.472 e. The monoisotopic (exact) mass is 858 g/mol. The second kappa shape index (κ2) is 42.5. The maximum absolute atomic E-state index is 12.9. The van der Waals surface area contributed by atoms with Gasteiger partial charge in [-0.2, -0.15) is 0 Å². The van der Waals surface area contributed by atoms with Gasteiger partial charge in [0, 0.05) is 6.42 Å². The normalized spacial score (nSPS) is 14.2. The molecule has 0 aliphatic carbocycles. The number of unbranched alkanes of at least 4 members (excludes halogenated alkanes) is 32. The third kappa shape index (κ3) is 45.1. The van der Waals surface area contributed by atoms with Crippen molar-refractivity contribution in [2.45, 2.75) is 264 Å². The van der Waals surface area contributed by atoms with Gasteiger partial charge in [0.25, 0.3) is 0 Å². The van der Waals surface area contributed by atoms with Crippen molar-refractivity contribution in [3.8, 4) is 0 Å². The highest BCUT2D eigenvalue weighted by Gasteiger charge is 2.28. The predicted molar refractivity (Wildman–Crippen MR) is 254 cm³/mol. The topological polar surface area (TPSA) is 105 Å². The summed E-state index contributed by atoms with van der Waals surface area (Å²) in [4.78, 5) is 23.2. The van der Waals surface area contributed by atoms with E-state index in [-0.39, 0.29) is 19.1 Å². The zero-order valence-corrected chi connectivity index (χ0v) is 40.9. The van der Waals surface area contributed by atoms with Crippen molar-refractivity contribution in [3.05, 3.63) is 12.2 Å². The molecule has 9 heteroatoms. The first-order chi connectivity index (χ1) is 28.5. The molecule has 0 rings (SSSR count). The molecule has 0 heterocycles. The van der Waals surface area contributed by atoms with Crippen molar-refractivity contribution in [2.75, 3.05) is 40.9 Å². The summed E-state index contributed by atoms with van der Waals surface area (Å²) in [6, 6.07) is -0.758. The molecule has 0 bridgehead atoms. The Kier molecular flexibility index (Phi) is 42.0. The highest BCUT2D eigenvalue weighted by molar-refractivity contribution is 7.47. The third-order valence-electron chi connectivity index (χ3n) is 11.8. The number of aliphatic hydroxyl groups excluding tert-OH is 1. The van der Waals surface area contributed by atoms with Crippen LogP contribution in [0.3, 0.4) is 0 Å². The number of nitrogens with one attached hydrogen (secondary N) is 1. The van der Waals surface area contributed by atoms with Crippen LogP contribution in [-0.4, -0.2) is 73.4 Å². The number of likely N-dealkylation sites (N-methyl/N-ethyl adjacent to an activating group) is 1. The van der Waals surface area contributed by atoms with Crippen LogP contribution >= 0.6 is 7.82 Å². The van der Waals surface area contributed by atoms with Crippen LogP contribution in [0.4, 0.5) is 0 Å². The molecule has 0 aromatic heterocycles. The summed E-state index contributed by atoms with van der Waals surface area (Å²) in [6.07, 6.45) is 49.5. The van der Waals surface area contributed by atoms with Gasteiger partial charge in [0.1, 0.15) is 13.2 Å². The lowest BCUT2D eigenvalue weighted by Crippen LogP contribution is -2.46. The zero-order valence-electron chi connectivity index (χ0n) is 40.0. The molecule has 0 aliphatic heterocycles. The summed E-state index contributed by atoms with van der Waals surface area (Å²) in [6.45, 7) is 4.91. The number of nitrogens with zero attached hydrogens (tertiary/aromatic N) is 1. The van der Waals surface area contributed by atoms with Crippen LogP contribution in [0.5, 0.6) is 0 Å². The van der Waals surface area contributed by atoms with Crippen LogP contribution in [-0.2, 0) is 18.4 Å². The van der Waals surface area contributed by atoms with Crippen molar-refractivity contribution in [3.63, 3.8) is 0 Å². The molecule has 0 aliphatic rings. The molecule has 352 valence electrons. The number of quaternary nitrogens is 1. The van der Waals surface area contributed by atoms with Gasteiger partial charge in [0.2, 0.25) is 5.91 Å². The molecule has 0 aromatic carbocycles. The van der Waals surface area contributed by atoms with Gasteiger partial charge in [-0.1, -0.05) is 219 Å². The summed E-state index contributed by atoms with van der Waals surface area (Å²) in [7, 11) is 1.62. The van der Waals surface area contributed by atoms with Crippen LogP contribution in [0.1, 0.15) is 251 Å². The third-order valence-corrected chi connectivity index (χ3v) is 12.7. The van der Waals surface area contributed by atoms with E-state index in [2.05, 4.69) is 31.3 Å². The van der Waals surface area contributed by atoms with E-state index in [0.29, 0.717) is 23.9 Å². The average molecular weight is 858 g/mol. The van der Waals surface area contributed by atoms with Crippen molar-refractivity contribution >= 4 is 13.7 Å². The maximum atomic E-state index is 12.9. The van der Waals surface area contributed by atoms with E-state index in [1.165, 1.54) is 186 Å². The quantitative estimate of drug-likeness (QED) is 0.0244. The van der Waals surface area contributed by atoms with E-state index in [1.807, 2.05) is 21.1 Å². The molecular formula is C50H102N2O6P+. The number of allylic oxidation sites excluding steroid dienone is 2. The summed E-state index contributed by atoms with van der Waals surface area (Å²) in [5, 5.41) is 14.0. The van der Waals surface area contributed by atoms with Gasteiger partial charge < -0.3 is 19.8 Å². The molecule has 3 unspecified atom stereocenters. The summed E-state index contributed by atoms with van der Waals surface area (Å²) < 4.78 is 23.7. The van der Waals surface area contributed by atoms with Gasteiger partial charge >= 0.3 is 7.82 Å². The standard InChI is InChI=1S/C50H101N2O6P/c1-6-8-10-12-14-16-18-20-22-24-25-26-27-28-30-32-34-36-38-40-42-44-50(54)51-48(47-58-59(55,56)57-46-45-52(3,4)5)49(53)43-41-39-37-35-33-31-29-23-21-19-17-15-13-11-9-7-2/h24-25,48-49,53H,6-23,26-47H2,1-5H3,(H-,51,54,55,56)/p+1/b25-24-. The number of phosphoric acid groups is 1. The minimum Gasteiger partial charge on any atom is -0.391 e. The number of phosphoric ester groups is 1. The molecule has 0 spiro atoms. The molecule has 3 atom stereocenters. The molecule has 3 N–H and O–H groups in total. The lowest BCUT2D eigenvalue weighted by atomic mass is 10.0. The predicted octanol–water partition coefficient (Wildman–Crippen LogP) is 14.7. The number of carbonyl (C=O) groups excluding carboxylic acids is 1. The molecule has 0 saturated heterocycles. The van der Waals surface area contributed by atoms with Gasteiger partial charge in [-0.25, -0.2) is 4.57 Å². The Morgan fingerprint density at radius 2 is 0.915 bits per heavy atom. The number of amides is 1. The van der Waals surface area contributed by atoms with E-state index in [0.717, 1.165) is 38.5 Å². The molecule has 8 nitrogen and oxygen atoms in total. The highest BCUT2D eigenvalue weighted by Crippen LogP contribution is 2.43. The summed E-state index contributed by atoms with van der Waals surface area (Å²) in [5.74, 6) is -0.143. The fraction of sp³-hybridized carbons (Fsp3) is 0.940. The van der Waals surface area contributed by atoms with Crippen LogP contribution in [0.25, 0.3) is 0 Å². The minimum absolute atomic E-state index is 0.0765. The molecule has 0 aromatic rings. The second-order valence-corrected chi connectivity index (χ2v) is 20.4. The largest absolute Gasteiger partial charge is 0.472 e. The van der Waals surface area contributed by atoms with Crippen molar-refractivity contribution in [1.82, 2.24) is 5.32 Å². The van der Waals surface area contributed by atoms with E-state index in [4.69, 9.17) is 9.05 Å². The number of hydrogen-bond donors (Lipinski definition) is 3. The Hall–Kier alpha value is -0.760. The Morgan fingerprint density at radius 1 is 0.559 bits per heavy atom. The van der Waals surface area contributed by atoms with Crippen LogP contribution in [0.2, 0.25) is 0 Å². The smallest absolute Gasteiger partial charge is 0.391 e. The highest BCUT2D eigenvalue weighted by atomic mass is 31.2. The number of hydrogen-bond acceptors (Lipinski definition) is 5. The van der Waals surface area contributed by atoms with Crippen molar-refractivity contribution < 1.29 is 32.9 Å². The van der Waals surface area contributed by atoms with Crippen LogP contribution in [0.15, 0.2) is 12.2 Å². The molecular weight excluding hydrogens is 756 g/mol. The fourth-order valence-corrected chi connectivity index (χ4v) is 8.43. The lowest BCUT2D eigenvalue weighted by Gasteiger charge is -2.26. The molecule has 0 radical (unpaired) electrons. The lowest BCUT2D eigenvalue weighted by molar-refractivity contribution is -0.870. The van der Waals surface area contributed by atoms with Gasteiger partial charge in [0.15, 0.2) is 0 Å². The first-order valence-electron chi connectivity index (χ1n) is 25.6. The molecule has 0 saturated carbocycles. The molecule has 1 amide bonds. The Labute approximate surface area is 367 Å². The average Bonchev–Trinajstić information content (AvgIpc) is 3.19. The first-order valence-corrected chi connectivity index (χ1v) is 27.0. The molecule has 0 fully saturated rings. The van der Waals surface area contributed by atoms with Gasteiger partial charge in [-0.05, 0) is 38.5 Å². The fourth-order valence-electron chi connectivity index (χ4n) is 7.69. The minimum atomic E-state index is -4.31. The van der Waals surface area contributed by atoms with Gasteiger partial charge in [-0.3, -0.25) is 13.8 Å². The Balaban J connectivity index is 4.24. The van der Waals surface area contributed by atoms with E-state index < -0.39 is 20.0 Å². The second-order valence-electron chi connectivity index (χ2n) is 18.9. The first kappa shape index (κ1) is 58.2. The van der Waals surface area contributed by atoms with Gasteiger partial charge in [0.05, 0.1) is 39.9 Å². The summed E-state index contributed by atoms with van der Waals surface area (Å²) >= 11 is 0. The Bertz CT molecular complexity index is 974. The zero-order chi connectivity index (χ0) is 43.6. The van der Waals surface area contributed by atoms with E-state index >= 15 is 0 Å². The van der Waals surface area contributed by atoms with E-state index in [9.17, 15) is 19.4 Å². The summed E-state index contributed by atoms with van der Waals surface area (Å²) in [5.41, 5.74) is 0. The SMILES string of the molecule is CCCCCCCCCC/C=C\CCCCCCCCCCCC(=O)NC(COP(=O)(O)OCC[N+](C)(C)C)C(O)CCCCCCCCCCCCCCCCCC.